The number of ether oxygens (including phenoxy) is 2. The van der Waals surface area contributed by atoms with Gasteiger partial charge in [0.05, 0.1) is 17.7 Å². The zero-order valence-corrected chi connectivity index (χ0v) is 12.6. The second kappa shape index (κ2) is 5.94. The number of aryl methyl sites for hydroxylation is 1. The summed E-state index contributed by atoms with van der Waals surface area (Å²) in [6, 6.07) is 3.00. The van der Waals surface area contributed by atoms with Crippen LogP contribution in [0, 0.1) is 6.92 Å². The number of nitrogens with two attached hydrogens (primary N) is 1. The Morgan fingerprint density at radius 2 is 1.75 bits per heavy atom. The number of hydrogen-bond acceptors (Lipinski definition) is 5. The lowest BCUT2D eigenvalue weighted by atomic mass is 10.0. The van der Waals surface area contributed by atoms with Crippen LogP contribution >= 0.6 is 0 Å². The van der Waals surface area contributed by atoms with E-state index in [-0.39, 0.29) is 17.9 Å². The van der Waals surface area contributed by atoms with Crippen molar-refractivity contribution in [3.63, 3.8) is 0 Å². The van der Waals surface area contributed by atoms with Gasteiger partial charge in [-0.2, -0.15) is 0 Å². The number of benzene rings is 1. The van der Waals surface area contributed by atoms with Crippen molar-refractivity contribution < 1.29 is 19.1 Å². The Bertz CT molecular complexity index is 529. The number of nitrogen functional groups attached to an aromatic ring is 1. The van der Waals surface area contributed by atoms with Gasteiger partial charge in [-0.1, -0.05) is 0 Å². The van der Waals surface area contributed by atoms with Crippen molar-refractivity contribution in [3.05, 3.63) is 28.8 Å². The number of anilines is 1. The van der Waals surface area contributed by atoms with E-state index in [1.54, 1.807) is 40.7 Å². The quantitative estimate of drug-likeness (QED) is 0.680. The molecule has 5 heteroatoms. The van der Waals surface area contributed by atoms with E-state index < -0.39 is 17.5 Å². The third-order valence-electron chi connectivity index (χ3n) is 2.51. The molecular formula is C15H21NO4. The van der Waals surface area contributed by atoms with E-state index in [1.165, 1.54) is 6.07 Å². The molecular weight excluding hydrogens is 258 g/mol. The topological polar surface area (TPSA) is 78.6 Å². The minimum Gasteiger partial charge on any atom is -0.462 e. The van der Waals surface area contributed by atoms with Gasteiger partial charge >= 0.3 is 11.9 Å². The van der Waals surface area contributed by atoms with E-state index >= 15 is 0 Å². The highest BCUT2D eigenvalue weighted by atomic mass is 16.6. The van der Waals surface area contributed by atoms with E-state index in [0.717, 1.165) is 0 Å². The molecule has 0 radical (unpaired) electrons. The van der Waals surface area contributed by atoms with Gasteiger partial charge in [0.15, 0.2) is 0 Å². The third kappa shape index (κ3) is 3.98. The third-order valence-corrected chi connectivity index (χ3v) is 2.51. The summed E-state index contributed by atoms with van der Waals surface area (Å²) < 4.78 is 10.2. The number of carbonyl (C=O) groups excluding carboxylic acids is 2. The summed E-state index contributed by atoms with van der Waals surface area (Å²) in [6.45, 7) is 9.03. The fourth-order valence-corrected chi connectivity index (χ4v) is 1.67. The normalized spacial score (nSPS) is 11.1. The predicted molar refractivity (Wildman–Crippen MR) is 76.7 cm³/mol. The molecule has 0 spiro atoms. The van der Waals surface area contributed by atoms with Crippen molar-refractivity contribution in [2.75, 3.05) is 12.3 Å². The molecule has 0 aliphatic rings. The van der Waals surface area contributed by atoms with E-state index in [2.05, 4.69) is 0 Å². The molecule has 2 N–H and O–H groups in total. The molecule has 0 saturated carbocycles. The number of carbonyl (C=O) groups is 2. The van der Waals surface area contributed by atoms with Crippen LogP contribution in [0.5, 0.6) is 0 Å². The molecule has 0 heterocycles. The van der Waals surface area contributed by atoms with Crippen LogP contribution in [0.15, 0.2) is 12.1 Å². The molecule has 1 aromatic carbocycles. The Hall–Kier alpha value is -2.04. The van der Waals surface area contributed by atoms with Gasteiger partial charge in [0.1, 0.15) is 5.60 Å². The minimum absolute atomic E-state index is 0.179. The molecule has 0 fully saturated rings. The molecule has 0 amide bonds. The molecule has 0 aliphatic carbocycles. The summed E-state index contributed by atoms with van der Waals surface area (Å²) in [6.07, 6.45) is 0. The van der Waals surface area contributed by atoms with Gasteiger partial charge in [0, 0.05) is 5.69 Å². The average molecular weight is 279 g/mol. The lowest BCUT2D eigenvalue weighted by Gasteiger charge is -2.20. The maximum Gasteiger partial charge on any atom is 0.340 e. The number of rotatable bonds is 3. The second-order valence-corrected chi connectivity index (χ2v) is 5.48. The maximum atomic E-state index is 12.1. The van der Waals surface area contributed by atoms with Gasteiger partial charge in [-0.25, -0.2) is 9.59 Å². The molecule has 20 heavy (non-hydrogen) atoms. The average Bonchev–Trinajstić information content (AvgIpc) is 2.26. The van der Waals surface area contributed by atoms with Crippen LogP contribution in [0.4, 0.5) is 5.69 Å². The van der Waals surface area contributed by atoms with Gasteiger partial charge < -0.3 is 15.2 Å². The standard InChI is InChI=1S/C15H21NO4/c1-6-19-13(17)11-8-10(9(2)7-12(11)16)14(18)20-15(3,4)5/h7-8H,6,16H2,1-5H3. The van der Waals surface area contributed by atoms with Crippen molar-refractivity contribution in [2.45, 2.75) is 40.2 Å². The van der Waals surface area contributed by atoms with Crippen molar-refractivity contribution in [1.82, 2.24) is 0 Å². The SMILES string of the molecule is CCOC(=O)c1cc(C(=O)OC(C)(C)C)c(C)cc1N. The first kappa shape index (κ1) is 16.0. The first-order valence-corrected chi connectivity index (χ1v) is 6.46. The Kier molecular flexibility index (Phi) is 4.76. The molecule has 0 saturated heterocycles. The van der Waals surface area contributed by atoms with Crippen LogP contribution in [-0.4, -0.2) is 24.1 Å². The van der Waals surface area contributed by atoms with Crippen LogP contribution in [0.25, 0.3) is 0 Å². The summed E-state index contributed by atoms with van der Waals surface area (Å²) in [7, 11) is 0. The highest BCUT2D eigenvalue weighted by molar-refractivity contribution is 6.00. The van der Waals surface area contributed by atoms with E-state index in [9.17, 15) is 9.59 Å². The summed E-state index contributed by atoms with van der Waals surface area (Å²) in [4.78, 5) is 23.9. The summed E-state index contributed by atoms with van der Waals surface area (Å²) in [5.41, 5.74) is 6.63. The second-order valence-electron chi connectivity index (χ2n) is 5.48. The smallest absolute Gasteiger partial charge is 0.340 e. The van der Waals surface area contributed by atoms with Crippen molar-refractivity contribution in [2.24, 2.45) is 0 Å². The van der Waals surface area contributed by atoms with Crippen molar-refractivity contribution in [1.29, 1.82) is 0 Å². The highest BCUT2D eigenvalue weighted by Gasteiger charge is 2.22. The van der Waals surface area contributed by atoms with Crippen LogP contribution < -0.4 is 5.73 Å². The fraction of sp³-hybridized carbons (Fsp3) is 0.467. The van der Waals surface area contributed by atoms with Gasteiger partial charge in [0.2, 0.25) is 0 Å². The van der Waals surface area contributed by atoms with Crippen molar-refractivity contribution in [3.8, 4) is 0 Å². The van der Waals surface area contributed by atoms with E-state index in [1.807, 2.05) is 0 Å². The number of esters is 2. The molecule has 0 aliphatic heterocycles. The Labute approximate surface area is 119 Å². The van der Waals surface area contributed by atoms with Crippen LogP contribution in [0.2, 0.25) is 0 Å². The molecule has 0 unspecified atom stereocenters. The molecule has 1 aromatic rings. The maximum absolute atomic E-state index is 12.1. The monoisotopic (exact) mass is 279 g/mol. The Balaban J connectivity index is 3.18. The van der Waals surface area contributed by atoms with Crippen LogP contribution in [0.1, 0.15) is 54.0 Å². The Morgan fingerprint density at radius 3 is 2.25 bits per heavy atom. The van der Waals surface area contributed by atoms with Gasteiger partial charge in [-0.3, -0.25) is 0 Å². The molecule has 110 valence electrons. The van der Waals surface area contributed by atoms with Gasteiger partial charge in [-0.05, 0) is 52.3 Å². The molecule has 0 atom stereocenters. The summed E-state index contributed by atoms with van der Waals surface area (Å²) >= 11 is 0. The first-order chi connectivity index (χ1) is 9.15. The van der Waals surface area contributed by atoms with Gasteiger partial charge in [0.25, 0.3) is 0 Å². The zero-order valence-electron chi connectivity index (χ0n) is 12.6. The lowest BCUT2D eigenvalue weighted by Crippen LogP contribution is -2.24. The molecule has 0 aromatic heterocycles. The minimum atomic E-state index is -0.602. The molecule has 5 nitrogen and oxygen atoms in total. The fourth-order valence-electron chi connectivity index (χ4n) is 1.67. The highest BCUT2D eigenvalue weighted by Crippen LogP contribution is 2.22. The summed E-state index contributed by atoms with van der Waals surface area (Å²) in [5.74, 6) is -1.03. The Morgan fingerprint density at radius 1 is 1.15 bits per heavy atom. The van der Waals surface area contributed by atoms with E-state index in [4.69, 9.17) is 15.2 Å². The molecule has 1 rings (SSSR count). The number of hydrogen-bond donors (Lipinski definition) is 1. The van der Waals surface area contributed by atoms with Crippen LogP contribution in [-0.2, 0) is 9.47 Å². The summed E-state index contributed by atoms with van der Waals surface area (Å²) in [5, 5.41) is 0. The zero-order chi connectivity index (χ0) is 15.5. The first-order valence-electron chi connectivity index (χ1n) is 6.46. The van der Waals surface area contributed by atoms with E-state index in [0.29, 0.717) is 11.1 Å². The van der Waals surface area contributed by atoms with Crippen molar-refractivity contribution >= 4 is 17.6 Å². The lowest BCUT2D eigenvalue weighted by molar-refractivity contribution is 0.00688. The molecule has 0 bridgehead atoms. The van der Waals surface area contributed by atoms with Gasteiger partial charge in [-0.15, -0.1) is 0 Å². The predicted octanol–water partition coefficient (Wildman–Crippen LogP) is 2.71. The van der Waals surface area contributed by atoms with Crippen LogP contribution in [0.3, 0.4) is 0 Å². The largest absolute Gasteiger partial charge is 0.462 e.